The van der Waals surface area contributed by atoms with Crippen molar-refractivity contribution >= 4 is 0 Å². The summed E-state index contributed by atoms with van der Waals surface area (Å²) in [6.07, 6.45) is 3.58. The summed E-state index contributed by atoms with van der Waals surface area (Å²) in [6, 6.07) is 5.90. The van der Waals surface area contributed by atoms with Gasteiger partial charge in [-0.3, -0.25) is 0 Å². The quantitative estimate of drug-likeness (QED) is 0.786. The smallest absolute Gasteiger partial charge is 0.128 e. The Balaban J connectivity index is 1.97. The number of ether oxygens (including phenoxy) is 2. The van der Waals surface area contributed by atoms with Crippen LogP contribution in [0.1, 0.15) is 51.1 Å². The topological polar surface area (TPSA) is 64.7 Å². The highest BCUT2D eigenvalue weighted by Gasteiger charge is 2.31. The first-order valence-corrected chi connectivity index (χ1v) is 7.34. The standard InChI is InChI=1S/C16H25NO3/c1-16(2)11-14(17)13-7-6-12(10-15(13)20-16)19-9-5-3-4-8-18/h6-7,10,14,18H,3-5,8-9,11,17H2,1-2H3. The van der Waals surface area contributed by atoms with Crippen molar-refractivity contribution in [3.8, 4) is 11.5 Å². The lowest BCUT2D eigenvalue weighted by molar-refractivity contribution is 0.0724. The molecule has 0 aliphatic carbocycles. The van der Waals surface area contributed by atoms with Crippen LogP contribution in [0.25, 0.3) is 0 Å². The second kappa shape index (κ2) is 6.46. The number of aliphatic hydroxyl groups is 1. The maximum atomic E-state index is 8.72. The minimum atomic E-state index is -0.230. The minimum Gasteiger partial charge on any atom is -0.493 e. The summed E-state index contributed by atoms with van der Waals surface area (Å²) in [4.78, 5) is 0. The van der Waals surface area contributed by atoms with Crippen molar-refractivity contribution in [3.63, 3.8) is 0 Å². The van der Waals surface area contributed by atoms with Crippen molar-refractivity contribution in [2.45, 2.75) is 51.2 Å². The molecule has 1 heterocycles. The molecule has 1 atom stereocenters. The van der Waals surface area contributed by atoms with E-state index in [-0.39, 0.29) is 18.2 Å². The first kappa shape index (κ1) is 15.1. The SMILES string of the molecule is CC1(C)CC(N)c2ccc(OCCCCCO)cc2O1. The molecule has 0 fully saturated rings. The van der Waals surface area contributed by atoms with Gasteiger partial charge in [0, 0.05) is 30.7 Å². The Bertz CT molecular complexity index is 445. The summed E-state index contributed by atoms with van der Waals surface area (Å²) >= 11 is 0. The van der Waals surface area contributed by atoms with E-state index in [4.69, 9.17) is 20.3 Å². The van der Waals surface area contributed by atoms with Crippen molar-refractivity contribution in [1.29, 1.82) is 0 Å². The van der Waals surface area contributed by atoms with E-state index in [0.717, 1.165) is 42.7 Å². The third-order valence-corrected chi connectivity index (χ3v) is 3.55. The number of unbranched alkanes of at least 4 members (excludes halogenated alkanes) is 2. The Morgan fingerprint density at radius 2 is 2.15 bits per heavy atom. The molecule has 1 aliphatic rings. The molecule has 3 N–H and O–H groups in total. The van der Waals surface area contributed by atoms with E-state index in [9.17, 15) is 0 Å². The molecule has 1 aromatic carbocycles. The van der Waals surface area contributed by atoms with Gasteiger partial charge in [-0.25, -0.2) is 0 Å². The maximum Gasteiger partial charge on any atom is 0.128 e. The fraction of sp³-hybridized carbons (Fsp3) is 0.625. The lowest BCUT2D eigenvalue weighted by Crippen LogP contribution is -2.37. The summed E-state index contributed by atoms with van der Waals surface area (Å²) in [6.45, 7) is 5.02. The van der Waals surface area contributed by atoms with Crippen LogP contribution in [0.4, 0.5) is 0 Å². The molecule has 0 bridgehead atoms. The molecular weight excluding hydrogens is 254 g/mol. The van der Waals surface area contributed by atoms with Crippen LogP contribution in [0.5, 0.6) is 11.5 Å². The van der Waals surface area contributed by atoms with E-state index in [0.29, 0.717) is 6.61 Å². The molecule has 0 amide bonds. The van der Waals surface area contributed by atoms with Crippen molar-refractivity contribution in [1.82, 2.24) is 0 Å². The lowest BCUT2D eigenvalue weighted by Gasteiger charge is -2.36. The molecule has 4 heteroatoms. The van der Waals surface area contributed by atoms with E-state index in [1.807, 2.05) is 18.2 Å². The van der Waals surface area contributed by atoms with E-state index in [1.165, 1.54) is 0 Å². The van der Waals surface area contributed by atoms with Gasteiger partial charge < -0.3 is 20.3 Å². The maximum absolute atomic E-state index is 8.72. The summed E-state index contributed by atoms with van der Waals surface area (Å²) in [7, 11) is 0. The average molecular weight is 279 g/mol. The molecule has 2 rings (SSSR count). The van der Waals surface area contributed by atoms with Crippen LogP contribution in [-0.4, -0.2) is 23.9 Å². The zero-order valence-electron chi connectivity index (χ0n) is 12.4. The highest BCUT2D eigenvalue weighted by atomic mass is 16.5. The van der Waals surface area contributed by atoms with Gasteiger partial charge in [-0.15, -0.1) is 0 Å². The van der Waals surface area contributed by atoms with Gasteiger partial charge in [0.05, 0.1) is 6.61 Å². The second-order valence-electron chi connectivity index (χ2n) is 6.00. The van der Waals surface area contributed by atoms with Gasteiger partial charge in [-0.1, -0.05) is 6.07 Å². The van der Waals surface area contributed by atoms with Gasteiger partial charge in [0.15, 0.2) is 0 Å². The van der Waals surface area contributed by atoms with Crippen molar-refractivity contribution < 1.29 is 14.6 Å². The monoisotopic (exact) mass is 279 g/mol. The lowest BCUT2D eigenvalue weighted by atomic mass is 9.90. The Morgan fingerprint density at radius 3 is 2.90 bits per heavy atom. The third kappa shape index (κ3) is 3.87. The van der Waals surface area contributed by atoms with Crippen LogP contribution >= 0.6 is 0 Å². The van der Waals surface area contributed by atoms with Gasteiger partial charge in [0.1, 0.15) is 17.1 Å². The largest absolute Gasteiger partial charge is 0.493 e. The fourth-order valence-electron chi connectivity index (χ4n) is 2.56. The second-order valence-corrected chi connectivity index (χ2v) is 6.00. The summed E-state index contributed by atoms with van der Waals surface area (Å²) in [5.41, 5.74) is 7.01. The predicted octanol–water partition coefficient (Wildman–Crippen LogP) is 2.79. The number of aliphatic hydroxyl groups excluding tert-OH is 1. The summed E-state index contributed by atoms with van der Waals surface area (Å²) in [5, 5.41) is 8.72. The minimum absolute atomic E-state index is 0.0207. The molecule has 0 spiro atoms. The molecule has 20 heavy (non-hydrogen) atoms. The van der Waals surface area contributed by atoms with Crippen LogP contribution in [0.15, 0.2) is 18.2 Å². The molecule has 0 radical (unpaired) electrons. The van der Waals surface area contributed by atoms with Gasteiger partial charge in [0.25, 0.3) is 0 Å². The third-order valence-electron chi connectivity index (χ3n) is 3.55. The average Bonchev–Trinajstić information content (AvgIpc) is 2.36. The Labute approximate surface area is 120 Å². The van der Waals surface area contributed by atoms with Crippen molar-refractivity contribution in [2.24, 2.45) is 5.73 Å². The Kier molecular flexibility index (Phi) is 4.89. The molecule has 1 aromatic rings. The number of hydrogen-bond donors (Lipinski definition) is 2. The molecule has 0 saturated heterocycles. The van der Waals surface area contributed by atoms with E-state index in [1.54, 1.807) is 0 Å². The molecule has 4 nitrogen and oxygen atoms in total. The summed E-state index contributed by atoms with van der Waals surface area (Å²) in [5.74, 6) is 1.65. The molecule has 0 aromatic heterocycles. The first-order valence-electron chi connectivity index (χ1n) is 7.34. The molecular formula is C16H25NO3. The van der Waals surface area contributed by atoms with Gasteiger partial charge >= 0.3 is 0 Å². The Morgan fingerprint density at radius 1 is 1.35 bits per heavy atom. The predicted molar refractivity (Wildman–Crippen MR) is 79.1 cm³/mol. The molecule has 112 valence electrons. The number of benzene rings is 1. The van der Waals surface area contributed by atoms with Crippen molar-refractivity contribution in [3.05, 3.63) is 23.8 Å². The van der Waals surface area contributed by atoms with Crippen LogP contribution < -0.4 is 15.2 Å². The zero-order valence-corrected chi connectivity index (χ0v) is 12.4. The van der Waals surface area contributed by atoms with E-state index >= 15 is 0 Å². The number of rotatable bonds is 6. The van der Waals surface area contributed by atoms with Gasteiger partial charge in [-0.05, 0) is 39.2 Å². The van der Waals surface area contributed by atoms with E-state index < -0.39 is 0 Å². The van der Waals surface area contributed by atoms with Crippen LogP contribution in [0.2, 0.25) is 0 Å². The van der Waals surface area contributed by atoms with Crippen LogP contribution in [0.3, 0.4) is 0 Å². The highest BCUT2D eigenvalue weighted by molar-refractivity contribution is 5.44. The van der Waals surface area contributed by atoms with Crippen LogP contribution in [-0.2, 0) is 0 Å². The number of nitrogens with two attached hydrogens (primary N) is 1. The molecule has 1 unspecified atom stereocenters. The van der Waals surface area contributed by atoms with Gasteiger partial charge in [0.2, 0.25) is 0 Å². The van der Waals surface area contributed by atoms with Crippen LogP contribution in [0, 0.1) is 0 Å². The molecule has 1 aliphatic heterocycles. The Hall–Kier alpha value is -1.26. The van der Waals surface area contributed by atoms with Crippen molar-refractivity contribution in [2.75, 3.05) is 13.2 Å². The first-order chi connectivity index (χ1) is 9.52. The zero-order chi connectivity index (χ0) is 14.6. The van der Waals surface area contributed by atoms with Gasteiger partial charge in [-0.2, -0.15) is 0 Å². The number of hydrogen-bond acceptors (Lipinski definition) is 4. The number of fused-ring (bicyclic) bond motifs is 1. The molecule has 0 saturated carbocycles. The fourth-order valence-corrected chi connectivity index (χ4v) is 2.56. The highest BCUT2D eigenvalue weighted by Crippen LogP contribution is 2.39. The normalized spacial score (nSPS) is 20.1. The summed E-state index contributed by atoms with van der Waals surface area (Å²) < 4.78 is 11.7. The van der Waals surface area contributed by atoms with E-state index in [2.05, 4.69) is 13.8 Å².